The Kier molecular flexibility index (Phi) is 18.6. The fraction of sp³-hybridized carbons (Fsp3) is 0.529. The van der Waals surface area contributed by atoms with Crippen LogP contribution in [0.4, 0.5) is 0 Å². The van der Waals surface area contributed by atoms with E-state index >= 15 is 0 Å². The first kappa shape index (κ1) is 49.7. The Bertz CT molecular complexity index is 1660. The van der Waals surface area contributed by atoms with Crippen LogP contribution in [-0.2, 0) is 28.7 Å². The number of hydrogen-bond acceptors (Lipinski definition) is 18. The molecule has 0 saturated carbocycles. The number of rotatable bonds is 15. The summed E-state index contributed by atoms with van der Waals surface area (Å²) >= 11 is 0. The molecule has 0 aliphatic carbocycles. The molecule has 2 saturated heterocycles. The summed E-state index contributed by atoms with van der Waals surface area (Å²) in [6.45, 7) is 0.229. The smallest absolute Gasteiger partial charge is 0.543 e. The average molecular weight is 813 g/mol. The fourth-order valence-electron chi connectivity index (χ4n) is 6.28. The standard InChI is InChI=1S/C34H44N2O18.2Na/c1-15(39)35-25-21(41)11-33(31(47)48,53-29(25)27(45)23(43)13-37)51-19-8-6-17(7-9-19)18-4-3-5-20(10-18)52-34(32(49)50)12-22(42)26(36-16(2)40)30(54-34)28(46)24(44)14-38;;/h3-10,21-30,37-38,41-46H,11-14H2,1-2H3,(H,35,39)(H,36,40)(H,47,48)(H,49,50);;/q;2*+1/p-2/t21-,22-,23+,24+,25+,26+,27-,28-,29+,30+,33+,34+;;/m0../s1. The number of carbonyl (C=O) groups is 4. The van der Waals surface area contributed by atoms with Crippen LogP contribution in [-0.4, -0.2) is 150 Å². The molecule has 2 heterocycles. The van der Waals surface area contributed by atoms with Gasteiger partial charge in [0.2, 0.25) is 11.8 Å². The van der Waals surface area contributed by atoms with Crippen molar-refractivity contribution in [2.75, 3.05) is 13.2 Å². The van der Waals surface area contributed by atoms with Gasteiger partial charge in [0.25, 0.3) is 11.6 Å². The van der Waals surface area contributed by atoms with Crippen molar-refractivity contribution in [2.24, 2.45) is 0 Å². The maximum absolute atomic E-state index is 12.5. The monoisotopic (exact) mass is 812 g/mol. The van der Waals surface area contributed by atoms with Crippen molar-refractivity contribution >= 4 is 23.8 Å². The first-order valence-electron chi connectivity index (χ1n) is 16.6. The normalized spacial score (nSPS) is 29.5. The summed E-state index contributed by atoms with van der Waals surface area (Å²) < 4.78 is 22.5. The molecule has 12 atom stereocenters. The molecule has 2 aromatic rings. The Balaban J connectivity index is 0.00000541. The van der Waals surface area contributed by atoms with Crippen LogP contribution in [0.25, 0.3) is 11.1 Å². The number of carbonyl (C=O) groups excluding carboxylic acids is 4. The summed E-state index contributed by atoms with van der Waals surface area (Å²) in [5.41, 5.74) is 0.799. The number of nitrogens with one attached hydrogen (secondary N) is 2. The summed E-state index contributed by atoms with van der Waals surface area (Å²) in [7, 11) is 0. The number of amides is 2. The molecule has 2 amide bonds. The first-order valence-corrected chi connectivity index (χ1v) is 16.6. The van der Waals surface area contributed by atoms with Gasteiger partial charge in [-0.1, -0.05) is 24.3 Å². The number of carboxylic acids is 2. The van der Waals surface area contributed by atoms with Crippen LogP contribution in [0, 0.1) is 0 Å². The Morgan fingerprint density at radius 3 is 1.50 bits per heavy atom. The van der Waals surface area contributed by atoms with E-state index in [1.165, 1.54) is 42.5 Å². The molecule has 0 unspecified atom stereocenters. The van der Waals surface area contributed by atoms with Gasteiger partial charge < -0.3 is 90.2 Å². The van der Waals surface area contributed by atoms with E-state index in [1.807, 2.05) is 0 Å². The number of benzene rings is 2. The second-order valence-electron chi connectivity index (χ2n) is 13.0. The van der Waals surface area contributed by atoms with E-state index in [0.717, 1.165) is 13.8 Å². The van der Waals surface area contributed by atoms with E-state index in [2.05, 4.69) is 10.6 Å². The van der Waals surface area contributed by atoms with Crippen LogP contribution < -0.4 is 89.4 Å². The minimum absolute atomic E-state index is 0. The largest absolute Gasteiger partial charge is 1.00 e. The molecular formula is C34H42N2Na2O18. The molecule has 10 N–H and O–H groups in total. The van der Waals surface area contributed by atoms with E-state index < -0.39 is 122 Å². The molecule has 298 valence electrons. The molecular weight excluding hydrogens is 770 g/mol. The molecule has 0 aromatic heterocycles. The van der Waals surface area contributed by atoms with Crippen LogP contribution in [0.15, 0.2) is 48.5 Å². The van der Waals surface area contributed by atoms with Gasteiger partial charge in [-0.15, -0.1) is 0 Å². The molecule has 2 aliphatic heterocycles. The molecule has 2 fully saturated rings. The third-order valence-corrected chi connectivity index (χ3v) is 8.93. The van der Waals surface area contributed by atoms with Gasteiger partial charge in [0.15, 0.2) is 0 Å². The van der Waals surface area contributed by atoms with E-state index in [4.69, 9.17) is 18.9 Å². The second kappa shape index (κ2) is 21.0. The van der Waals surface area contributed by atoms with Crippen molar-refractivity contribution in [3.05, 3.63) is 48.5 Å². The molecule has 0 bridgehead atoms. The van der Waals surface area contributed by atoms with Crippen molar-refractivity contribution in [1.82, 2.24) is 10.6 Å². The van der Waals surface area contributed by atoms with Crippen molar-refractivity contribution in [3.8, 4) is 22.6 Å². The predicted octanol–water partition coefficient (Wildman–Crippen LogP) is -12.3. The summed E-state index contributed by atoms with van der Waals surface area (Å²) in [5, 5.41) is 111. The SMILES string of the molecule is CC(=O)N[C@H]1[C@H]([C@@H](O)[C@H](O)CO)O[C@@](Oc2ccc(-c3cccc(O[C@]4(C(=O)[O-])C[C@H](O)[C@@H](NC(C)=O)[C@H]([C@@H](O)[C@H](O)CO)O4)c3)cc2)(C(=O)[O-])C[C@@H]1O.[Na+].[Na+]. The van der Waals surface area contributed by atoms with Gasteiger partial charge in [-0.2, -0.15) is 0 Å². The Labute approximate surface area is 363 Å². The van der Waals surface area contributed by atoms with Gasteiger partial charge in [-0.3, -0.25) is 9.59 Å². The van der Waals surface area contributed by atoms with Crippen LogP contribution in [0.5, 0.6) is 11.5 Å². The van der Waals surface area contributed by atoms with Crippen LogP contribution in [0.2, 0.25) is 0 Å². The zero-order chi connectivity index (χ0) is 40.1. The van der Waals surface area contributed by atoms with E-state index in [9.17, 15) is 70.2 Å². The summed E-state index contributed by atoms with van der Waals surface area (Å²) in [5.74, 6) is -11.2. The zero-order valence-corrected chi connectivity index (χ0v) is 34.9. The predicted molar refractivity (Wildman–Crippen MR) is 173 cm³/mol. The van der Waals surface area contributed by atoms with E-state index in [0.29, 0.717) is 11.1 Å². The topological polar surface area (TPSA) is 337 Å². The summed E-state index contributed by atoms with van der Waals surface area (Å²) in [6, 6.07) is 8.33. The van der Waals surface area contributed by atoms with Crippen molar-refractivity contribution in [3.63, 3.8) is 0 Å². The fourth-order valence-corrected chi connectivity index (χ4v) is 6.28. The van der Waals surface area contributed by atoms with Crippen LogP contribution in [0.1, 0.15) is 26.7 Å². The average Bonchev–Trinajstić information content (AvgIpc) is 3.12. The third kappa shape index (κ3) is 11.4. The van der Waals surface area contributed by atoms with Crippen molar-refractivity contribution in [1.29, 1.82) is 0 Å². The van der Waals surface area contributed by atoms with Gasteiger partial charge in [-0.25, -0.2) is 0 Å². The van der Waals surface area contributed by atoms with Gasteiger partial charge in [0.05, 0.1) is 37.5 Å². The second-order valence-corrected chi connectivity index (χ2v) is 13.0. The number of hydrogen-bond donors (Lipinski definition) is 10. The number of aliphatic hydroxyl groups excluding tert-OH is 8. The molecule has 2 aromatic carbocycles. The van der Waals surface area contributed by atoms with E-state index in [-0.39, 0.29) is 70.6 Å². The molecule has 20 nitrogen and oxygen atoms in total. The summed E-state index contributed by atoms with van der Waals surface area (Å²) in [6.07, 6.45) is -16.4. The molecule has 0 spiro atoms. The number of aliphatic hydroxyl groups is 8. The number of ether oxygens (including phenoxy) is 4. The quantitative estimate of drug-likeness (QED) is 0.0747. The van der Waals surface area contributed by atoms with Crippen LogP contribution >= 0.6 is 0 Å². The van der Waals surface area contributed by atoms with Gasteiger partial charge in [0, 0.05) is 26.7 Å². The molecule has 22 heteroatoms. The molecule has 0 radical (unpaired) electrons. The number of carboxylic acid groups (broad SMARTS) is 2. The van der Waals surface area contributed by atoms with Crippen molar-refractivity contribution in [2.45, 2.75) is 99.2 Å². The Hall–Kier alpha value is -2.48. The summed E-state index contributed by atoms with van der Waals surface area (Å²) in [4.78, 5) is 48.5. The van der Waals surface area contributed by atoms with Gasteiger partial charge in [-0.05, 0) is 35.4 Å². The molecule has 4 rings (SSSR count). The molecule has 56 heavy (non-hydrogen) atoms. The van der Waals surface area contributed by atoms with Crippen molar-refractivity contribution < 1.29 is 148 Å². The first-order chi connectivity index (χ1) is 25.4. The minimum Gasteiger partial charge on any atom is -0.543 e. The molecule has 2 aliphatic rings. The maximum atomic E-state index is 12.5. The third-order valence-electron chi connectivity index (χ3n) is 8.93. The minimum atomic E-state index is -2.77. The van der Waals surface area contributed by atoms with Gasteiger partial charge in [0.1, 0.15) is 60.1 Å². The maximum Gasteiger partial charge on any atom is 1.00 e. The van der Waals surface area contributed by atoms with Crippen LogP contribution in [0.3, 0.4) is 0 Å². The Morgan fingerprint density at radius 2 is 1.12 bits per heavy atom. The Morgan fingerprint density at radius 1 is 0.714 bits per heavy atom. The van der Waals surface area contributed by atoms with E-state index in [1.54, 1.807) is 6.07 Å². The zero-order valence-electron chi connectivity index (χ0n) is 30.9. The van der Waals surface area contributed by atoms with Gasteiger partial charge >= 0.3 is 59.1 Å². The number of aliphatic carboxylic acids is 2.